The fourth-order valence-corrected chi connectivity index (χ4v) is 2.81. The predicted octanol–water partition coefficient (Wildman–Crippen LogP) is 2.00. The quantitative estimate of drug-likeness (QED) is 0.629. The van der Waals surface area contributed by atoms with E-state index in [2.05, 4.69) is 35.0 Å². The summed E-state index contributed by atoms with van der Waals surface area (Å²) < 4.78 is 1.15. The zero-order valence-corrected chi connectivity index (χ0v) is 8.00. The lowest BCUT2D eigenvalue weighted by Gasteiger charge is -2.13. The standard InChI is InChI=1S/C7H8BrNS/c1-4-5(8)2-3-6-7(4,9)10-6/h2-3,6H,9H2,1H3. The molecular formula is C7H8BrNS. The normalized spacial score (nSPS) is 43.7. The van der Waals surface area contributed by atoms with Crippen LogP contribution in [0.25, 0.3) is 0 Å². The molecule has 2 atom stereocenters. The molecule has 0 aromatic heterocycles. The maximum absolute atomic E-state index is 6.01. The van der Waals surface area contributed by atoms with E-state index in [0.717, 1.165) is 4.48 Å². The van der Waals surface area contributed by atoms with Crippen LogP contribution in [0.4, 0.5) is 0 Å². The van der Waals surface area contributed by atoms with E-state index in [-0.39, 0.29) is 4.87 Å². The van der Waals surface area contributed by atoms with E-state index in [1.165, 1.54) is 5.57 Å². The summed E-state index contributed by atoms with van der Waals surface area (Å²) in [5, 5.41) is 0.536. The monoisotopic (exact) mass is 217 g/mol. The van der Waals surface area contributed by atoms with Crippen LogP contribution in [-0.4, -0.2) is 10.1 Å². The molecular weight excluding hydrogens is 210 g/mol. The Kier molecular flexibility index (Phi) is 1.32. The fraction of sp³-hybridized carbons (Fsp3) is 0.429. The first kappa shape index (κ1) is 6.95. The van der Waals surface area contributed by atoms with Gasteiger partial charge < -0.3 is 5.73 Å². The topological polar surface area (TPSA) is 26.0 Å². The van der Waals surface area contributed by atoms with Gasteiger partial charge >= 0.3 is 0 Å². The molecule has 0 aromatic carbocycles. The molecule has 0 aromatic rings. The van der Waals surface area contributed by atoms with Crippen LogP contribution in [0, 0.1) is 0 Å². The molecule has 1 saturated heterocycles. The number of hydrogen-bond acceptors (Lipinski definition) is 2. The average Bonchev–Trinajstić information content (AvgIpc) is 2.55. The lowest BCUT2D eigenvalue weighted by Crippen LogP contribution is -2.28. The number of fused-ring (bicyclic) bond motifs is 1. The Morgan fingerprint density at radius 3 is 3.10 bits per heavy atom. The van der Waals surface area contributed by atoms with E-state index in [4.69, 9.17) is 5.73 Å². The fourth-order valence-electron chi connectivity index (χ4n) is 1.14. The highest BCUT2D eigenvalue weighted by Crippen LogP contribution is 2.57. The van der Waals surface area contributed by atoms with Gasteiger partial charge in [-0.1, -0.05) is 28.1 Å². The number of rotatable bonds is 0. The minimum atomic E-state index is -0.0619. The van der Waals surface area contributed by atoms with E-state index < -0.39 is 0 Å². The van der Waals surface area contributed by atoms with Gasteiger partial charge in [-0.2, -0.15) is 0 Å². The van der Waals surface area contributed by atoms with Crippen molar-refractivity contribution in [3.8, 4) is 0 Å². The summed E-state index contributed by atoms with van der Waals surface area (Å²) >= 11 is 5.27. The van der Waals surface area contributed by atoms with Crippen molar-refractivity contribution >= 4 is 27.7 Å². The van der Waals surface area contributed by atoms with Crippen LogP contribution in [0.2, 0.25) is 0 Å². The van der Waals surface area contributed by atoms with Crippen molar-refractivity contribution in [2.45, 2.75) is 17.0 Å². The van der Waals surface area contributed by atoms with E-state index in [0.29, 0.717) is 5.25 Å². The molecule has 2 N–H and O–H groups in total. The summed E-state index contributed by atoms with van der Waals surface area (Å²) in [7, 11) is 0. The zero-order valence-electron chi connectivity index (χ0n) is 5.60. The van der Waals surface area contributed by atoms with Crippen LogP contribution in [-0.2, 0) is 0 Å². The minimum absolute atomic E-state index is 0.0619. The van der Waals surface area contributed by atoms with Gasteiger partial charge in [0.15, 0.2) is 0 Å². The lowest BCUT2D eigenvalue weighted by atomic mass is 10.0. The van der Waals surface area contributed by atoms with Crippen LogP contribution >= 0.6 is 27.7 Å². The highest BCUT2D eigenvalue weighted by Gasteiger charge is 2.54. The third-order valence-corrected chi connectivity index (χ3v) is 4.39. The summed E-state index contributed by atoms with van der Waals surface area (Å²) in [6, 6.07) is 0. The third-order valence-electron chi connectivity index (χ3n) is 2.05. The molecule has 2 aliphatic rings. The minimum Gasteiger partial charge on any atom is -0.312 e. The molecule has 3 heteroatoms. The molecule has 10 heavy (non-hydrogen) atoms. The predicted molar refractivity (Wildman–Crippen MR) is 49.1 cm³/mol. The summed E-state index contributed by atoms with van der Waals surface area (Å²) in [4.78, 5) is -0.0619. The molecule has 1 aliphatic carbocycles. The summed E-state index contributed by atoms with van der Waals surface area (Å²) in [6.07, 6.45) is 4.24. The number of halogens is 1. The van der Waals surface area contributed by atoms with Crippen molar-refractivity contribution in [1.29, 1.82) is 0 Å². The van der Waals surface area contributed by atoms with Crippen LogP contribution in [0.1, 0.15) is 6.92 Å². The molecule has 54 valence electrons. The third kappa shape index (κ3) is 0.742. The van der Waals surface area contributed by atoms with Crippen molar-refractivity contribution in [3.63, 3.8) is 0 Å². The van der Waals surface area contributed by atoms with Gasteiger partial charge in [0.2, 0.25) is 0 Å². The van der Waals surface area contributed by atoms with E-state index in [9.17, 15) is 0 Å². The Labute approximate surface area is 72.9 Å². The van der Waals surface area contributed by atoms with Crippen molar-refractivity contribution in [1.82, 2.24) is 0 Å². The smallest absolute Gasteiger partial charge is 0.101 e. The van der Waals surface area contributed by atoms with Crippen LogP contribution < -0.4 is 5.73 Å². The molecule has 0 radical (unpaired) electrons. The van der Waals surface area contributed by atoms with Crippen LogP contribution in [0.5, 0.6) is 0 Å². The summed E-state index contributed by atoms with van der Waals surface area (Å²) in [5.41, 5.74) is 7.28. The van der Waals surface area contributed by atoms with Crippen LogP contribution in [0.15, 0.2) is 22.2 Å². The molecule has 2 rings (SSSR count). The van der Waals surface area contributed by atoms with E-state index >= 15 is 0 Å². The molecule has 0 bridgehead atoms. The largest absolute Gasteiger partial charge is 0.312 e. The van der Waals surface area contributed by atoms with Crippen molar-refractivity contribution in [2.24, 2.45) is 5.73 Å². The molecule has 1 heterocycles. The Morgan fingerprint density at radius 1 is 1.80 bits per heavy atom. The first-order valence-corrected chi connectivity index (χ1v) is 4.83. The van der Waals surface area contributed by atoms with Crippen molar-refractivity contribution < 1.29 is 0 Å². The first-order chi connectivity index (χ1) is 4.64. The van der Waals surface area contributed by atoms with Gasteiger partial charge in [-0.3, -0.25) is 0 Å². The van der Waals surface area contributed by atoms with Crippen molar-refractivity contribution in [2.75, 3.05) is 0 Å². The maximum Gasteiger partial charge on any atom is 0.101 e. The van der Waals surface area contributed by atoms with Gasteiger partial charge in [-0.25, -0.2) is 0 Å². The molecule has 0 saturated carbocycles. The van der Waals surface area contributed by atoms with Crippen LogP contribution in [0.3, 0.4) is 0 Å². The molecule has 0 amide bonds. The number of hydrogen-bond donors (Lipinski definition) is 1. The summed E-state index contributed by atoms with van der Waals surface area (Å²) in [5.74, 6) is 0. The molecule has 1 nitrogen and oxygen atoms in total. The first-order valence-electron chi connectivity index (χ1n) is 3.16. The maximum atomic E-state index is 6.01. The van der Waals surface area contributed by atoms with Gasteiger partial charge in [0.05, 0.1) is 5.25 Å². The number of thioether (sulfide) groups is 1. The SMILES string of the molecule is CC1=C(Br)C=CC2SC12N. The van der Waals surface area contributed by atoms with Gasteiger partial charge in [-0.05, 0) is 12.5 Å². The Morgan fingerprint density at radius 2 is 2.50 bits per heavy atom. The summed E-state index contributed by atoms with van der Waals surface area (Å²) in [6.45, 7) is 2.08. The molecule has 1 fully saturated rings. The van der Waals surface area contributed by atoms with Gasteiger partial charge in [0.25, 0.3) is 0 Å². The molecule has 0 spiro atoms. The highest BCUT2D eigenvalue weighted by molar-refractivity contribution is 9.11. The average molecular weight is 218 g/mol. The molecule has 2 unspecified atom stereocenters. The number of allylic oxidation sites excluding steroid dienone is 2. The van der Waals surface area contributed by atoms with Crippen molar-refractivity contribution in [3.05, 3.63) is 22.2 Å². The number of nitrogens with two attached hydrogens (primary N) is 1. The van der Waals surface area contributed by atoms with E-state index in [1.807, 2.05) is 11.8 Å². The lowest BCUT2D eigenvalue weighted by molar-refractivity contribution is 0.812. The Hall–Kier alpha value is 0.270. The van der Waals surface area contributed by atoms with Gasteiger partial charge in [0.1, 0.15) is 4.87 Å². The second-order valence-corrected chi connectivity index (χ2v) is 4.94. The highest BCUT2D eigenvalue weighted by atomic mass is 79.9. The van der Waals surface area contributed by atoms with Gasteiger partial charge in [-0.15, -0.1) is 11.8 Å². The Bertz CT molecular complexity index is 246. The second-order valence-electron chi connectivity index (χ2n) is 2.66. The Balaban J connectivity index is 2.44. The van der Waals surface area contributed by atoms with Gasteiger partial charge in [0, 0.05) is 4.48 Å². The zero-order chi connectivity index (χ0) is 7.35. The second kappa shape index (κ2) is 1.90. The molecule has 1 aliphatic heterocycles. The van der Waals surface area contributed by atoms with E-state index in [1.54, 1.807) is 0 Å².